The van der Waals surface area contributed by atoms with Crippen LogP contribution in [0.5, 0.6) is 0 Å². The SMILES string of the molecule is CCC[SiH](C)NCNCC. The first-order valence-corrected chi connectivity index (χ1v) is 6.80. The highest BCUT2D eigenvalue weighted by Crippen LogP contribution is 1.90. The fourth-order valence-corrected chi connectivity index (χ4v) is 2.47. The van der Waals surface area contributed by atoms with Gasteiger partial charge in [0.05, 0.1) is 0 Å². The minimum absolute atomic E-state index is 0.546. The van der Waals surface area contributed by atoms with Gasteiger partial charge in [0.1, 0.15) is 8.96 Å². The van der Waals surface area contributed by atoms with E-state index in [1.54, 1.807) is 0 Å². The Kier molecular flexibility index (Phi) is 7.35. The average Bonchev–Trinajstić information content (AvgIpc) is 1.89. The van der Waals surface area contributed by atoms with Gasteiger partial charge >= 0.3 is 0 Å². The van der Waals surface area contributed by atoms with Gasteiger partial charge in [-0.25, -0.2) is 0 Å². The fourth-order valence-electron chi connectivity index (χ4n) is 0.906. The zero-order valence-electron chi connectivity index (χ0n) is 7.41. The quantitative estimate of drug-likeness (QED) is 0.343. The summed E-state index contributed by atoms with van der Waals surface area (Å²) in [7, 11) is -0.546. The molecule has 0 bridgehead atoms. The van der Waals surface area contributed by atoms with Gasteiger partial charge in [0.15, 0.2) is 0 Å². The molecule has 0 aromatic heterocycles. The van der Waals surface area contributed by atoms with Crippen LogP contribution in [0.4, 0.5) is 0 Å². The van der Waals surface area contributed by atoms with Crippen LogP contribution in [0.3, 0.4) is 0 Å². The molecule has 10 heavy (non-hydrogen) atoms. The molecule has 0 aromatic carbocycles. The van der Waals surface area contributed by atoms with Crippen molar-refractivity contribution in [3.8, 4) is 0 Å². The van der Waals surface area contributed by atoms with Crippen LogP contribution in [-0.2, 0) is 0 Å². The van der Waals surface area contributed by atoms with Crippen LogP contribution in [0, 0.1) is 0 Å². The molecule has 0 aliphatic rings. The van der Waals surface area contributed by atoms with Crippen molar-refractivity contribution in [2.24, 2.45) is 0 Å². The molecule has 0 aliphatic heterocycles. The second-order valence-electron chi connectivity index (χ2n) is 2.67. The Bertz CT molecular complexity index is 68.6. The van der Waals surface area contributed by atoms with Crippen molar-refractivity contribution in [1.29, 1.82) is 0 Å². The highest BCUT2D eigenvalue weighted by atomic mass is 28.3. The van der Waals surface area contributed by atoms with Crippen LogP contribution in [0.2, 0.25) is 12.6 Å². The molecular weight excluding hydrogens is 140 g/mol. The Morgan fingerprint density at radius 2 is 2.00 bits per heavy atom. The normalized spacial score (nSPS) is 13.5. The molecule has 0 fully saturated rings. The summed E-state index contributed by atoms with van der Waals surface area (Å²) >= 11 is 0. The predicted molar refractivity (Wildman–Crippen MR) is 49.8 cm³/mol. The standard InChI is InChI=1S/C7H20N2Si/c1-4-6-10(3)9-7-8-5-2/h8-10H,4-7H2,1-3H3. The van der Waals surface area contributed by atoms with Crippen LogP contribution in [0.25, 0.3) is 0 Å². The van der Waals surface area contributed by atoms with E-state index in [-0.39, 0.29) is 0 Å². The van der Waals surface area contributed by atoms with E-state index < -0.39 is 8.96 Å². The summed E-state index contributed by atoms with van der Waals surface area (Å²) in [4.78, 5) is 3.51. The minimum atomic E-state index is -0.546. The van der Waals surface area contributed by atoms with E-state index in [1.807, 2.05) is 0 Å². The first kappa shape index (κ1) is 10.1. The maximum absolute atomic E-state index is 3.51. The van der Waals surface area contributed by atoms with Crippen molar-refractivity contribution in [3.63, 3.8) is 0 Å². The van der Waals surface area contributed by atoms with Gasteiger partial charge in [0, 0.05) is 6.67 Å². The predicted octanol–water partition coefficient (Wildman–Crippen LogP) is 0.907. The molecule has 0 aromatic rings. The van der Waals surface area contributed by atoms with E-state index in [9.17, 15) is 0 Å². The Balaban J connectivity index is 2.97. The molecule has 0 heterocycles. The van der Waals surface area contributed by atoms with Gasteiger partial charge in [-0.1, -0.05) is 26.8 Å². The molecule has 1 unspecified atom stereocenters. The Labute approximate surface area is 66.1 Å². The summed E-state index contributed by atoms with van der Waals surface area (Å²) in [6.07, 6.45) is 1.33. The van der Waals surface area contributed by atoms with Gasteiger partial charge in [-0.3, -0.25) is 0 Å². The molecule has 2 N–H and O–H groups in total. The third-order valence-corrected chi connectivity index (χ3v) is 3.89. The van der Waals surface area contributed by atoms with E-state index in [0.717, 1.165) is 13.2 Å². The van der Waals surface area contributed by atoms with Crippen LogP contribution >= 0.6 is 0 Å². The van der Waals surface area contributed by atoms with Gasteiger partial charge in [-0.2, -0.15) is 0 Å². The molecule has 1 atom stereocenters. The smallest absolute Gasteiger partial charge is 0.106 e. The van der Waals surface area contributed by atoms with Crippen LogP contribution < -0.4 is 10.3 Å². The topological polar surface area (TPSA) is 24.1 Å². The molecule has 62 valence electrons. The zero-order chi connectivity index (χ0) is 7.82. The lowest BCUT2D eigenvalue weighted by Gasteiger charge is -2.10. The van der Waals surface area contributed by atoms with Crippen molar-refractivity contribution < 1.29 is 0 Å². The third-order valence-electron chi connectivity index (χ3n) is 1.55. The van der Waals surface area contributed by atoms with Crippen molar-refractivity contribution in [3.05, 3.63) is 0 Å². The van der Waals surface area contributed by atoms with Crippen LogP contribution in [0.15, 0.2) is 0 Å². The maximum Gasteiger partial charge on any atom is 0.106 e. The summed E-state index contributed by atoms with van der Waals surface area (Å²) in [5, 5.41) is 3.26. The van der Waals surface area contributed by atoms with Gasteiger partial charge in [0.2, 0.25) is 0 Å². The van der Waals surface area contributed by atoms with Crippen molar-refractivity contribution in [1.82, 2.24) is 10.3 Å². The number of hydrogen-bond acceptors (Lipinski definition) is 2. The largest absolute Gasteiger partial charge is 0.328 e. The highest BCUT2D eigenvalue weighted by Gasteiger charge is 1.98. The second kappa shape index (κ2) is 7.25. The van der Waals surface area contributed by atoms with E-state index >= 15 is 0 Å². The van der Waals surface area contributed by atoms with Crippen LogP contribution in [-0.4, -0.2) is 22.2 Å². The molecule has 2 nitrogen and oxygen atoms in total. The summed E-state index contributed by atoms with van der Waals surface area (Å²) in [6, 6.07) is 1.41. The Morgan fingerprint density at radius 1 is 1.30 bits per heavy atom. The lowest BCUT2D eigenvalue weighted by atomic mass is 10.6. The molecule has 0 saturated heterocycles. The maximum atomic E-state index is 3.51. The van der Waals surface area contributed by atoms with Crippen molar-refractivity contribution >= 4 is 8.96 Å². The summed E-state index contributed by atoms with van der Waals surface area (Å²) < 4.78 is 0. The lowest BCUT2D eigenvalue weighted by molar-refractivity contribution is 0.696. The first-order chi connectivity index (χ1) is 4.81. The third kappa shape index (κ3) is 6.26. The summed E-state index contributed by atoms with van der Waals surface area (Å²) in [6.45, 7) is 8.82. The average molecular weight is 160 g/mol. The molecule has 0 saturated carbocycles. The number of hydrogen-bond donors (Lipinski definition) is 2. The number of rotatable bonds is 6. The van der Waals surface area contributed by atoms with Crippen molar-refractivity contribution in [2.75, 3.05) is 13.2 Å². The van der Waals surface area contributed by atoms with E-state index in [1.165, 1.54) is 12.5 Å². The van der Waals surface area contributed by atoms with Crippen LogP contribution in [0.1, 0.15) is 20.3 Å². The van der Waals surface area contributed by atoms with Gasteiger partial charge in [0.25, 0.3) is 0 Å². The molecule has 3 heteroatoms. The van der Waals surface area contributed by atoms with Gasteiger partial charge in [-0.15, -0.1) is 0 Å². The zero-order valence-corrected chi connectivity index (χ0v) is 8.56. The monoisotopic (exact) mass is 160 g/mol. The Hall–Kier alpha value is 0.137. The summed E-state index contributed by atoms with van der Waals surface area (Å²) in [5.41, 5.74) is 0. The molecule has 0 spiro atoms. The van der Waals surface area contributed by atoms with Gasteiger partial charge in [-0.05, 0) is 12.6 Å². The lowest BCUT2D eigenvalue weighted by Crippen LogP contribution is -2.38. The van der Waals surface area contributed by atoms with Gasteiger partial charge < -0.3 is 10.3 Å². The summed E-state index contributed by atoms with van der Waals surface area (Å²) in [5.74, 6) is 0. The molecular formula is C7H20N2Si. The molecule has 0 rings (SSSR count). The van der Waals surface area contributed by atoms with E-state index in [4.69, 9.17) is 0 Å². The minimum Gasteiger partial charge on any atom is -0.328 e. The molecule has 0 amide bonds. The van der Waals surface area contributed by atoms with E-state index in [2.05, 4.69) is 30.7 Å². The first-order valence-electron chi connectivity index (χ1n) is 4.25. The Morgan fingerprint density at radius 3 is 2.50 bits per heavy atom. The molecule has 0 aliphatic carbocycles. The molecule has 0 radical (unpaired) electrons. The van der Waals surface area contributed by atoms with Crippen molar-refractivity contribution in [2.45, 2.75) is 32.9 Å². The highest BCUT2D eigenvalue weighted by molar-refractivity contribution is 6.54. The number of nitrogens with one attached hydrogen (secondary N) is 2. The fraction of sp³-hybridized carbons (Fsp3) is 1.00. The second-order valence-corrected chi connectivity index (χ2v) is 5.46. The van der Waals surface area contributed by atoms with E-state index in [0.29, 0.717) is 0 Å².